The molecule has 0 amide bonds. The highest BCUT2D eigenvalue weighted by Crippen LogP contribution is 2.32. The van der Waals surface area contributed by atoms with Crippen molar-refractivity contribution < 1.29 is 28.1 Å². The number of hydrogen-bond donors (Lipinski definition) is 2. The minimum absolute atomic E-state index is 0.0311. The molecule has 0 aliphatic heterocycles. The molecule has 0 saturated carbocycles. The molecule has 0 saturated heterocycles. The summed E-state index contributed by atoms with van der Waals surface area (Å²) in [5.74, 6) is -0.256. The Kier molecular flexibility index (Phi) is 5.42. The van der Waals surface area contributed by atoms with E-state index in [1.807, 2.05) is 13.8 Å². The van der Waals surface area contributed by atoms with E-state index < -0.39 is 11.8 Å². The summed E-state index contributed by atoms with van der Waals surface area (Å²) in [6.07, 6.45) is -4.33. The zero-order valence-corrected chi connectivity index (χ0v) is 11.4. The van der Waals surface area contributed by atoms with Gasteiger partial charge in [-0.2, -0.15) is 0 Å². The van der Waals surface area contributed by atoms with Crippen LogP contribution in [0.4, 0.5) is 13.2 Å². The number of aliphatic hydroxyl groups is 2. The highest BCUT2D eigenvalue weighted by Gasteiger charge is 2.33. The van der Waals surface area contributed by atoms with Gasteiger partial charge in [-0.05, 0) is 30.0 Å². The average molecular weight is 292 g/mol. The maximum Gasteiger partial charge on any atom is 0.573 e. The molecule has 0 aliphatic carbocycles. The lowest BCUT2D eigenvalue weighted by atomic mass is 9.74. The topological polar surface area (TPSA) is 49.7 Å². The standard InChI is InChI=1S/C14H19F3O3/c1-10(2)13(8-18,9-19)7-11-3-5-12(6-4-11)20-14(15,16)17/h3-6,10,18-19H,7-9H2,1-2H3. The Hall–Kier alpha value is -1.27. The fraction of sp³-hybridized carbons (Fsp3) is 0.571. The lowest BCUT2D eigenvalue weighted by Crippen LogP contribution is -2.37. The van der Waals surface area contributed by atoms with E-state index in [0.717, 1.165) is 5.56 Å². The number of hydrogen-bond acceptors (Lipinski definition) is 3. The van der Waals surface area contributed by atoms with Crippen molar-refractivity contribution in [3.8, 4) is 5.75 Å². The first-order chi connectivity index (χ1) is 9.22. The smallest absolute Gasteiger partial charge is 0.406 e. The number of ether oxygens (including phenoxy) is 1. The zero-order chi connectivity index (χ0) is 15.4. The molecule has 1 aromatic carbocycles. The minimum Gasteiger partial charge on any atom is -0.406 e. The number of rotatable bonds is 6. The number of halogens is 3. The van der Waals surface area contributed by atoms with Crippen LogP contribution in [0.2, 0.25) is 0 Å². The molecule has 0 spiro atoms. The summed E-state index contributed by atoms with van der Waals surface area (Å²) in [4.78, 5) is 0. The fourth-order valence-electron chi connectivity index (χ4n) is 1.95. The molecule has 0 aliphatic rings. The first-order valence-electron chi connectivity index (χ1n) is 6.29. The molecule has 1 aromatic rings. The zero-order valence-electron chi connectivity index (χ0n) is 11.4. The van der Waals surface area contributed by atoms with Gasteiger partial charge in [-0.1, -0.05) is 26.0 Å². The van der Waals surface area contributed by atoms with Crippen molar-refractivity contribution in [3.05, 3.63) is 29.8 Å². The van der Waals surface area contributed by atoms with Crippen LogP contribution in [0.15, 0.2) is 24.3 Å². The Balaban J connectivity index is 2.83. The van der Waals surface area contributed by atoms with Crippen LogP contribution in [0.5, 0.6) is 5.75 Å². The average Bonchev–Trinajstić information content (AvgIpc) is 2.36. The lowest BCUT2D eigenvalue weighted by Gasteiger charge is -2.34. The van der Waals surface area contributed by atoms with Crippen molar-refractivity contribution in [2.45, 2.75) is 26.6 Å². The molecule has 0 fully saturated rings. The van der Waals surface area contributed by atoms with Gasteiger partial charge < -0.3 is 14.9 Å². The van der Waals surface area contributed by atoms with Crippen molar-refractivity contribution >= 4 is 0 Å². The summed E-state index contributed by atoms with van der Waals surface area (Å²) < 4.78 is 39.9. The molecule has 3 nitrogen and oxygen atoms in total. The molecule has 6 heteroatoms. The van der Waals surface area contributed by atoms with Crippen molar-refractivity contribution in [1.29, 1.82) is 0 Å². The summed E-state index contributed by atoms with van der Waals surface area (Å²) >= 11 is 0. The molecule has 0 aromatic heterocycles. The van der Waals surface area contributed by atoms with E-state index in [0.29, 0.717) is 6.42 Å². The minimum atomic E-state index is -4.71. The molecule has 114 valence electrons. The predicted molar refractivity (Wildman–Crippen MR) is 68.3 cm³/mol. The molecule has 0 radical (unpaired) electrons. The van der Waals surface area contributed by atoms with Gasteiger partial charge in [0.2, 0.25) is 0 Å². The van der Waals surface area contributed by atoms with E-state index in [1.54, 1.807) is 0 Å². The van der Waals surface area contributed by atoms with Gasteiger partial charge in [0, 0.05) is 5.41 Å². The number of benzene rings is 1. The summed E-state index contributed by atoms with van der Waals surface area (Å²) in [6, 6.07) is 5.46. The second-order valence-corrected chi connectivity index (χ2v) is 5.20. The molecule has 0 heterocycles. The lowest BCUT2D eigenvalue weighted by molar-refractivity contribution is -0.274. The van der Waals surface area contributed by atoms with Crippen LogP contribution in [-0.4, -0.2) is 29.8 Å². The van der Waals surface area contributed by atoms with Gasteiger partial charge in [0.05, 0.1) is 13.2 Å². The van der Waals surface area contributed by atoms with Gasteiger partial charge in [-0.15, -0.1) is 13.2 Å². The Labute approximate surface area is 116 Å². The van der Waals surface area contributed by atoms with E-state index in [9.17, 15) is 23.4 Å². The second kappa shape index (κ2) is 6.45. The summed E-state index contributed by atoms with van der Waals surface area (Å²) in [5.41, 5.74) is 0.0446. The highest BCUT2D eigenvalue weighted by atomic mass is 19.4. The Bertz CT molecular complexity index is 409. The van der Waals surface area contributed by atoms with Gasteiger partial charge in [-0.25, -0.2) is 0 Å². The van der Waals surface area contributed by atoms with Crippen LogP contribution in [0.1, 0.15) is 19.4 Å². The first kappa shape index (κ1) is 16.8. The fourth-order valence-corrected chi connectivity index (χ4v) is 1.95. The van der Waals surface area contributed by atoms with Crippen LogP contribution in [0.3, 0.4) is 0 Å². The largest absolute Gasteiger partial charge is 0.573 e. The predicted octanol–water partition coefficient (Wildman–Crippen LogP) is 2.75. The Morgan fingerprint density at radius 3 is 1.90 bits per heavy atom. The third-order valence-electron chi connectivity index (χ3n) is 3.57. The third-order valence-corrected chi connectivity index (χ3v) is 3.57. The normalized spacial score (nSPS) is 12.8. The summed E-state index contributed by atoms with van der Waals surface area (Å²) in [6.45, 7) is 3.38. The maximum absolute atomic E-state index is 12.0. The summed E-state index contributed by atoms with van der Waals surface area (Å²) in [5, 5.41) is 19.0. The molecule has 0 unspecified atom stereocenters. The number of alkyl halides is 3. The summed E-state index contributed by atoms with van der Waals surface area (Å²) in [7, 11) is 0. The van der Waals surface area contributed by atoms with Crippen molar-refractivity contribution in [1.82, 2.24) is 0 Å². The van der Waals surface area contributed by atoms with Crippen molar-refractivity contribution in [2.75, 3.05) is 13.2 Å². The van der Waals surface area contributed by atoms with E-state index in [-0.39, 0.29) is 24.9 Å². The quantitative estimate of drug-likeness (QED) is 0.847. The SMILES string of the molecule is CC(C)C(CO)(CO)Cc1ccc(OC(F)(F)F)cc1. The molecule has 20 heavy (non-hydrogen) atoms. The van der Waals surface area contributed by atoms with Gasteiger partial charge in [0.25, 0.3) is 0 Å². The van der Waals surface area contributed by atoms with Crippen molar-refractivity contribution in [3.63, 3.8) is 0 Å². The third kappa shape index (κ3) is 4.38. The van der Waals surface area contributed by atoms with Gasteiger partial charge in [-0.3, -0.25) is 0 Å². The van der Waals surface area contributed by atoms with E-state index >= 15 is 0 Å². The monoisotopic (exact) mass is 292 g/mol. The van der Waals surface area contributed by atoms with Crippen LogP contribution in [0, 0.1) is 11.3 Å². The molecule has 0 atom stereocenters. The molecule has 0 bridgehead atoms. The van der Waals surface area contributed by atoms with Crippen LogP contribution >= 0.6 is 0 Å². The van der Waals surface area contributed by atoms with Crippen LogP contribution in [0.25, 0.3) is 0 Å². The van der Waals surface area contributed by atoms with Gasteiger partial charge in [0.15, 0.2) is 0 Å². The van der Waals surface area contributed by atoms with Crippen LogP contribution < -0.4 is 4.74 Å². The van der Waals surface area contributed by atoms with E-state index in [2.05, 4.69) is 4.74 Å². The first-order valence-corrected chi connectivity index (χ1v) is 6.29. The molecular weight excluding hydrogens is 273 g/mol. The maximum atomic E-state index is 12.0. The van der Waals surface area contributed by atoms with Gasteiger partial charge in [0.1, 0.15) is 5.75 Å². The Morgan fingerprint density at radius 1 is 1.05 bits per heavy atom. The van der Waals surface area contributed by atoms with Crippen molar-refractivity contribution in [2.24, 2.45) is 11.3 Å². The highest BCUT2D eigenvalue weighted by molar-refractivity contribution is 5.28. The van der Waals surface area contributed by atoms with Gasteiger partial charge >= 0.3 is 6.36 Å². The molecule has 2 N–H and O–H groups in total. The second-order valence-electron chi connectivity index (χ2n) is 5.20. The molecule has 1 rings (SSSR count). The molecular formula is C14H19F3O3. The van der Waals surface area contributed by atoms with E-state index in [4.69, 9.17) is 0 Å². The van der Waals surface area contributed by atoms with E-state index in [1.165, 1.54) is 24.3 Å². The van der Waals surface area contributed by atoms with Crippen LogP contribution in [-0.2, 0) is 6.42 Å². The number of aliphatic hydroxyl groups excluding tert-OH is 2. The Morgan fingerprint density at radius 2 is 1.55 bits per heavy atom.